The molecule has 0 spiro atoms. The third-order valence-electron chi connectivity index (χ3n) is 5.99. The van der Waals surface area contributed by atoms with Crippen molar-refractivity contribution in [3.05, 3.63) is 54.2 Å². The van der Waals surface area contributed by atoms with Crippen LogP contribution < -0.4 is 5.32 Å². The number of aromatic amines is 3. The minimum absolute atomic E-state index is 0.0571. The highest BCUT2D eigenvalue weighted by Gasteiger charge is 2.19. The van der Waals surface area contributed by atoms with Crippen LogP contribution >= 0.6 is 0 Å². The van der Waals surface area contributed by atoms with Crippen molar-refractivity contribution in [2.75, 3.05) is 13.1 Å². The van der Waals surface area contributed by atoms with Gasteiger partial charge in [-0.3, -0.25) is 14.5 Å². The molecule has 11 nitrogen and oxygen atoms in total. The average molecular weight is 498 g/mol. The summed E-state index contributed by atoms with van der Waals surface area (Å²) in [6.45, 7) is 11.2. The number of hydrogen-bond acceptors (Lipinski definition) is 6. The summed E-state index contributed by atoms with van der Waals surface area (Å²) in [7, 11) is 0. The molecule has 0 saturated heterocycles. The van der Waals surface area contributed by atoms with Gasteiger partial charge in [-0.25, -0.2) is 15.0 Å². The molecule has 36 heavy (non-hydrogen) atoms. The van der Waals surface area contributed by atoms with E-state index in [0.29, 0.717) is 54.9 Å². The van der Waals surface area contributed by atoms with E-state index >= 15 is 0 Å². The Labute approximate surface area is 212 Å². The zero-order chi connectivity index (χ0) is 25.9. The van der Waals surface area contributed by atoms with Crippen LogP contribution in [0.15, 0.2) is 31.0 Å². The van der Waals surface area contributed by atoms with Gasteiger partial charge in [-0.2, -0.15) is 0 Å². The monoisotopic (exact) mass is 497 g/mol. The van der Waals surface area contributed by atoms with Crippen LogP contribution in [-0.2, 0) is 35.5 Å². The fraction of sp³-hybridized carbons (Fsp3) is 0.560. The molecule has 4 N–H and O–H groups in total. The van der Waals surface area contributed by atoms with Crippen LogP contribution in [0.4, 0.5) is 0 Å². The molecule has 11 heteroatoms. The first-order valence-corrected chi connectivity index (χ1v) is 12.6. The Morgan fingerprint density at radius 2 is 1.53 bits per heavy atom. The van der Waals surface area contributed by atoms with Gasteiger partial charge in [0, 0.05) is 55.3 Å². The second kappa shape index (κ2) is 13.6. The molecule has 3 heterocycles. The molecule has 0 aromatic carbocycles. The first-order valence-electron chi connectivity index (χ1n) is 12.6. The van der Waals surface area contributed by atoms with E-state index in [0.717, 1.165) is 19.4 Å². The summed E-state index contributed by atoms with van der Waals surface area (Å²) in [5.41, 5.74) is 0.685. The molecule has 2 amide bonds. The molecule has 196 valence electrons. The summed E-state index contributed by atoms with van der Waals surface area (Å²) in [5, 5.41) is 2.98. The molecule has 0 saturated carbocycles. The predicted molar refractivity (Wildman–Crippen MR) is 137 cm³/mol. The summed E-state index contributed by atoms with van der Waals surface area (Å²) in [5.74, 6) is 1.72. The Morgan fingerprint density at radius 3 is 2.08 bits per heavy atom. The lowest BCUT2D eigenvalue weighted by molar-refractivity contribution is -0.132. The highest BCUT2D eigenvalue weighted by molar-refractivity contribution is 5.79. The highest BCUT2D eigenvalue weighted by atomic mass is 16.2. The number of unbranched alkanes of at least 4 members (excludes halogenated alkanes) is 1. The van der Waals surface area contributed by atoms with Crippen LogP contribution in [-0.4, -0.2) is 76.7 Å². The fourth-order valence-electron chi connectivity index (χ4n) is 4.20. The van der Waals surface area contributed by atoms with Crippen molar-refractivity contribution >= 4 is 11.8 Å². The minimum Gasteiger partial charge on any atom is -0.356 e. The van der Waals surface area contributed by atoms with Crippen molar-refractivity contribution in [3.63, 3.8) is 0 Å². The lowest BCUT2D eigenvalue weighted by Crippen LogP contribution is -2.38. The number of aromatic nitrogens is 6. The van der Waals surface area contributed by atoms with Crippen LogP contribution in [0.3, 0.4) is 0 Å². The van der Waals surface area contributed by atoms with Gasteiger partial charge in [0.2, 0.25) is 11.8 Å². The van der Waals surface area contributed by atoms with Crippen LogP contribution in [0.5, 0.6) is 0 Å². The van der Waals surface area contributed by atoms with E-state index in [4.69, 9.17) is 0 Å². The van der Waals surface area contributed by atoms with E-state index < -0.39 is 0 Å². The van der Waals surface area contributed by atoms with Gasteiger partial charge >= 0.3 is 0 Å². The number of nitrogens with zero attached hydrogens (tertiary/aromatic N) is 5. The predicted octanol–water partition coefficient (Wildman–Crippen LogP) is 2.19. The number of rotatable bonds is 15. The van der Waals surface area contributed by atoms with Crippen molar-refractivity contribution < 1.29 is 9.59 Å². The lowest BCUT2D eigenvalue weighted by atomic mass is 10.2. The highest BCUT2D eigenvalue weighted by Crippen LogP contribution is 2.09. The molecular weight excluding hydrogens is 458 g/mol. The summed E-state index contributed by atoms with van der Waals surface area (Å²) in [6.07, 6.45) is 10.6. The molecule has 3 aromatic rings. The molecule has 0 unspecified atom stereocenters. The van der Waals surface area contributed by atoms with E-state index in [1.807, 2.05) is 0 Å². The SMILES string of the molecule is CC(C)N(CCCCNC(=O)Cc1cnc(CC(=O)N(Cc2ncc[nH]2)Cc2ncc[nH]2)[nH]1)C(C)C. The van der Waals surface area contributed by atoms with E-state index in [1.165, 1.54) is 0 Å². The molecule has 0 aliphatic rings. The maximum atomic E-state index is 13.0. The van der Waals surface area contributed by atoms with Crippen molar-refractivity contribution in [3.8, 4) is 0 Å². The molecule has 0 fully saturated rings. The van der Waals surface area contributed by atoms with Crippen LogP contribution in [0.1, 0.15) is 63.7 Å². The van der Waals surface area contributed by atoms with Crippen LogP contribution in [0, 0.1) is 0 Å². The van der Waals surface area contributed by atoms with Gasteiger partial charge in [-0.15, -0.1) is 0 Å². The van der Waals surface area contributed by atoms with Gasteiger partial charge in [0.1, 0.15) is 17.5 Å². The quantitative estimate of drug-likeness (QED) is 0.237. The van der Waals surface area contributed by atoms with Crippen molar-refractivity contribution in [2.45, 2.75) is 78.6 Å². The second-order valence-electron chi connectivity index (χ2n) is 9.51. The molecule has 0 radical (unpaired) electrons. The van der Waals surface area contributed by atoms with Gasteiger partial charge in [-0.05, 0) is 47.1 Å². The average Bonchev–Trinajstić information content (AvgIpc) is 3.59. The number of carbonyl (C=O) groups excluding carboxylic acids is 2. The molecule has 0 atom stereocenters. The van der Waals surface area contributed by atoms with E-state index in [9.17, 15) is 9.59 Å². The molecule has 0 bridgehead atoms. The Morgan fingerprint density at radius 1 is 0.889 bits per heavy atom. The normalized spacial score (nSPS) is 11.5. The first-order chi connectivity index (χ1) is 17.3. The third kappa shape index (κ3) is 8.63. The standard InChI is InChI=1S/C25H39N9O2/c1-18(2)34(19(3)4)12-6-5-7-30-24(35)13-20-15-31-21(32-20)14-25(36)33(16-22-26-8-9-27-22)17-23-28-10-11-29-23/h8-11,15,18-19H,5-7,12-14,16-17H2,1-4H3,(H,26,27)(H,28,29)(H,30,35)(H,31,32). The Bertz CT molecular complexity index is 997. The smallest absolute Gasteiger partial charge is 0.230 e. The van der Waals surface area contributed by atoms with E-state index in [-0.39, 0.29) is 24.7 Å². The van der Waals surface area contributed by atoms with E-state index in [2.05, 4.69) is 67.8 Å². The Kier molecular flexibility index (Phi) is 10.2. The molecule has 0 aliphatic heterocycles. The number of H-pyrrole nitrogens is 3. The van der Waals surface area contributed by atoms with Crippen molar-refractivity contribution in [1.29, 1.82) is 0 Å². The molecule has 0 aliphatic carbocycles. The molecule has 3 aromatic heterocycles. The zero-order valence-corrected chi connectivity index (χ0v) is 21.8. The van der Waals surface area contributed by atoms with Crippen LogP contribution in [0.25, 0.3) is 0 Å². The number of hydrogen-bond donors (Lipinski definition) is 4. The fourth-order valence-corrected chi connectivity index (χ4v) is 4.20. The minimum atomic E-state index is -0.120. The molecule has 3 rings (SSSR count). The number of amides is 2. The number of carbonyl (C=O) groups is 2. The van der Waals surface area contributed by atoms with Gasteiger partial charge < -0.3 is 25.2 Å². The lowest BCUT2D eigenvalue weighted by Gasteiger charge is -2.30. The second-order valence-corrected chi connectivity index (χ2v) is 9.51. The topological polar surface area (TPSA) is 139 Å². The van der Waals surface area contributed by atoms with Gasteiger partial charge in [0.15, 0.2) is 0 Å². The number of imidazole rings is 3. The largest absolute Gasteiger partial charge is 0.356 e. The Hall–Kier alpha value is -3.47. The first kappa shape index (κ1) is 27.1. The van der Waals surface area contributed by atoms with E-state index in [1.54, 1.807) is 35.9 Å². The van der Waals surface area contributed by atoms with Gasteiger partial charge in [0.25, 0.3) is 0 Å². The van der Waals surface area contributed by atoms with Gasteiger partial charge in [-0.1, -0.05) is 0 Å². The van der Waals surface area contributed by atoms with Crippen molar-refractivity contribution in [2.24, 2.45) is 0 Å². The maximum Gasteiger partial charge on any atom is 0.230 e. The summed E-state index contributed by atoms with van der Waals surface area (Å²) >= 11 is 0. The summed E-state index contributed by atoms with van der Waals surface area (Å²) < 4.78 is 0. The summed E-state index contributed by atoms with van der Waals surface area (Å²) in [4.78, 5) is 51.4. The number of nitrogens with one attached hydrogen (secondary N) is 4. The molecular formula is C25H39N9O2. The van der Waals surface area contributed by atoms with Crippen LogP contribution in [0.2, 0.25) is 0 Å². The Balaban J connectivity index is 1.44. The zero-order valence-electron chi connectivity index (χ0n) is 21.8. The van der Waals surface area contributed by atoms with Gasteiger partial charge in [0.05, 0.1) is 25.9 Å². The third-order valence-corrected chi connectivity index (χ3v) is 5.99. The summed E-state index contributed by atoms with van der Waals surface area (Å²) in [6, 6.07) is 1.03. The van der Waals surface area contributed by atoms with Crippen molar-refractivity contribution in [1.82, 2.24) is 45.0 Å². The maximum absolute atomic E-state index is 13.0.